The van der Waals surface area contributed by atoms with E-state index in [1.165, 1.54) is 12.8 Å². The van der Waals surface area contributed by atoms with Crippen LogP contribution < -0.4 is 5.32 Å². The molecule has 5 heteroatoms. The summed E-state index contributed by atoms with van der Waals surface area (Å²) in [5.74, 6) is 0.847. The summed E-state index contributed by atoms with van der Waals surface area (Å²) in [5, 5.41) is 3.05. The molecule has 0 unspecified atom stereocenters. The van der Waals surface area contributed by atoms with E-state index in [0.29, 0.717) is 24.8 Å². The van der Waals surface area contributed by atoms with Gasteiger partial charge in [-0.05, 0) is 43.2 Å². The SMILES string of the molecule is O=C(NCC1CC1)[C@H]1CCCN(C(=O)c2occc2-c2ccccc2)C1. The highest BCUT2D eigenvalue weighted by Crippen LogP contribution is 2.29. The van der Waals surface area contributed by atoms with E-state index < -0.39 is 0 Å². The number of hydrogen-bond acceptors (Lipinski definition) is 3. The number of amides is 2. The molecule has 1 saturated heterocycles. The highest BCUT2D eigenvalue weighted by molar-refractivity contribution is 5.98. The number of benzene rings is 1. The van der Waals surface area contributed by atoms with Crippen LogP contribution in [0.15, 0.2) is 47.1 Å². The predicted octanol–water partition coefficient (Wildman–Crippen LogP) is 3.33. The van der Waals surface area contributed by atoms with Crippen LogP contribution in [0.4, 0.5) is 0 Å². The van der Waals surface area contributed by atoms with Crippen molar-refractivity contribution < 1.29 is 14.0 Å². The lowest BCUT2D eigenvalue weighted by Gasteiger charge is -2.31. The van der Waals surface area contributed by atoms with Crippen LogP contribution in [0.2, 0.25) is 0 Å². The number of carbonyl (C=O) groups is 2. The van der Waals surface area contributed by atoms with E-state index in [4.69, 9.17) is 4.42 Å². The fraction of sp³-hybridized carbons (Fsp3) is 0.429. The summed E-state index contributed by atoms with van der Waals surface area (Å²) < 4.78 is 5.53. The predicted molar refractivity (Wildman–Crippen MR) is 98.5 cm³/mol. The second kappa shape index (κ2) is 7.36. The van der Waals surface area contributed by atoms with Gasteiger partial charge in [-0.3, -0.25) is 9.59 Å². The zero-order chi connectivity index (χ0) is 17.9. The molecule has 26 heavy (non-hydrogen) atoms. The molecule has 0 spiro atoms. The fourth-order valence-corrected chi connectivity index (χ4v) is 3.55. The number of piperidine rings is 1. The van der Waals surface area contributed by atoms with Gasteiger partial charge in [-0.1, -0.05) is 30.3 Å². The van der Waals surface area contributed by atoms with E-state index in [1.54, 1.807) is 11.2 Å². The number of carbonyl (C=O) groups excluding carboxylic acids is 2. The Balaban J connectivity index is 1.44. The number of likely N-dealkylation sites (tertiary alicyclic amines) is 1. The van der Waals surface area contributed by atoms with Gasteiger partial charge in [0.05, 0.1) is 12.2 Å². The van der Waals surface area contributed by atoms with E-state index >= 15 is 0 Å². The summed E-state index contributed by atoms with van der Waals surface area (Å²) in [7, 11) is 0. The molecule has 1 atom stereocenters. The van der Waals surface area contributed by atoms with Crippen molar-refractivity contribution in [1.29, 1.82) is 0 Å². The molecule has 136 valence electrons. The third kappa shape index (κ3) is 3.66. The van der Waals surface area contributed by atoms with E-state index in [0.717, 1.165) is 30.5 Å². The minimum atomic E-state index is -0.131. The van der Waals surface area contributed by atoms with Crippen molar-refractivity contribution in [2.75, 3.05) is 19.6 Å². The van der Waals surface area contributed by atoms with Crippen LogP contribution >= 0.6 is 0 Å². The molecule has 0 radical (unpaired) electrons. The number of hydrogen-bond donors (Lipinski definition) is 1. The highest BCUT2D eigenvalue weighted by Gasteiger charge is 2.32. The molecule has 1 aromatic carbocycles. The first-order chi connectivity index (χ1) is 12.7. The van der Waals surface area contributed by atoms with Crippen LogP contribution in [-0.4, -0.2) is 36.3 Å². The third-order valence-corrected chi connectivity index (χ3v) is 5.29. The zero-order valence-electron chi connectivity index (χ0n) is 14.8. The van der Waals surface area contributed by atoms with Crippen molar-refractivity contribution in [2.45, 2.75) is 25.7 Å². The normalized spacial score (nSPS) is 20.0. The van der Waals surface area contributed by atoms with Gasteiger partial charge >= 0.3 is 0 Å². The van der Waals surface area contributed by atoms with Crippen LogP contribution in [0, 0.1) is 11.8 Å². The topological polar surface area (TPSA) is 62.6 Å². The molecule has 2 heterocycles. The first-order valence-electron chi connectivity index (χ1n) is 9.42. The summed E-state index contributed by atoms with van der Waals surface area (Å²) >= 11 is 0. The van der Waals surface area contributed by atoms with Crippen LogP contribution in [-0.2, 0) is 4.79 Å². The second-order valence-corrected chi connectivity index (χ2v) is 7.31. The molecule has 1 aliphatic heterocycles. The molecule has 2 aromatic rings. The van der Waals surface area contributed by atoms with Gasteiger partial charge in [-0.15, -0.1) is 0 Å². The number of nitrogens with zero attached hydrogens (tertiary/aromatic N) is 1. The summed E-state index contributed by atoms with van der Waals surface area (Å²) in [6.45, 7) is 1.91. The Morgan fingerprint density at radius 3 is 2.69 bits per heavy atom. The zero-order valence-corrected chi connectivity index (χ0v) is 14.8. The third-order valence-electron chi connectivity index (χ3n) is 5.29. The van der Waals surface area contributed by atoms with Crippen molar-refractivity contribution >= 4 is 11.8 Å². The number of nitrogens with one attached hydrogen (secondary N) is 1. The minimum Gasteiger partial charge on any atom is -0.459 e. The largest absolute Gasteiger partial charge is 0.459 e. The van der Waals surface area contributed by atoms with Crippen molar-refractivity contribution in [3.8, 4) is 11.1 Å². The molecule has 2 fully saturated rings. The van der Waals surface area contributed by atoms with Crippen LogP contribution in [0.5, 0.6) is 0 Å². The maximum Gasteiger partial charge on any atom is 0.290 e. The number of furan rings is 1. The maximum absolute atomic E-state index is 13.0. The molecule has 2 amide bonds. The van der Waals surface area contributed by atoms with Crippen LogP contribution in [0.3, 0.4) is 0 Å². The summed E-state index contributed by atoms with van der Waals surface area (Å²) in [6.07, 6.45) is 5.67. The molecular weight excluding hydrogens is 328 g/mol. The van der Waals surface area contributed by atoms with Gasteiger partial charge in [0, 0.05) is 25.2 Å². The summed E-state index contributed by atoms with van der Waals surface area (Å²) in [6, 6.07) is 11.6. The average molecular weight is 352 g/mol. The monoisotopic (exact) mass is 352 g/mol. The Labute approximate surface area is 153 Å². The molecule has 1 aromatic heterocycles. The highest BCUT2D eigenvalue weighted by atomic mass is 16.3. The van der Waals surface area contributed by atoms with Gasteiger partial charge in [0.25, 0.3) is 5.91 Å². The molecule has 1 saturated carbocycles. The smallest absolute Gasteiger partial charge is 0.290 e. The molecule has 4 rings (SSSR count). The second-order valence-electron chi connectivity index (χ2n) is 7.31. The van der Waals surface area contributed by atoms with Gasteiger partial charge in [0.2, 0.25) is 5.91 Å². The molecule has 5 nitrogen and oxygen atoms in total. The van der Waals surface area contributed by atoms with Crippen molar-refractivity contribution in [3.05, 3.63) is 48.4 Å². The van der Waals surface area contributed by atoms with Crippen molar-refractivity contribution in [1.82, 2.24) is 10.2 Å². The van der Waals surface area contributed by atoms with E-state index in [2.05, 4.69) is 5.32 Å². The average Bonchev–Trinajstić information content (AvgIpc) is 3.40. The molecule has 1 N–H and O–H groups in total. The summed E-state index contributed by atoms with van der Waals surface area (Å²) in [5.41, 5.74) is 1.76. The lowest BCUT2D eigenvalue weighted by Crippen LogP contribution is -2.45. The summed E-state index contributed by atoms with van der Waals surface area (Å²) in [4.78, 5) is 27.2. The molecule has 2 aliphatic rings. The van der Waals surface area contributed by atoms with Crippen LogP contribution in [0.1, 0.15) is 36.2 Å². The lowest BCUT2D eigenvalue weighted by molar-refractivity contribution is -0.126. The Kier molecular flexibility index (Phi) is 4.78. The van der Waals surface area contributed by atoms with Crippen molar-refractivity contribution in [3.63, 3.8) is 0 Å². The fourth-order valence-electron chi connectivity index (χ4n) is 3.55. The molecule has 0 bridgehead atoms. The van der Waals surface area contributed by atoms with E-state index in [-0.39, 0.29) is 17.7 Å². The number of rotatable bonds is 5. The molecule has 1 aliphatic carbocycles. The lowest BCUT2D eigenvalue weighted by atomic mass is 9.96. The van der Waals surface area contributed by atoms with Crippen molar-refractivity contribution in [2.24, 2.45) is 11.8 Å². The Bertz CT molecular complexity index is 780. The molecular formula is C21H24N2O3. The van der Waals surface area contributed by atoms with Gasteiger partial charge in [0.1, 0.15) is 0 Å². The van der Waals surface area contributed by atoms with E-state index in [9.17, 15) is 9.59 Å². The van der Waals surface area contributed by atoms with Crippen LogP contribution in [0.25, 0.3) is 11.1 Å². The van der Waals surface area contributed by atoms with Gasteiger partial charge in [-0.25, -0.2) is 0 Å². The Hall–Kier alpha value is -2.56. The Morgan fingerprint density at radius 1 is 1.12 bits per heavy atom. The van der Waals surface area contributed by atoms with E-state index in [1.807, 2.05) is 36.4 Å². The van der Waals surface area contributed by atoms with Gasteiger partial charge in [0.15, 0.2) is 5.76 Å². The first-order valence-corrected chi connectivity index (χ1v) is 9.42. The van der Waals surface area contributed by atoms with Gasteiger partial charge < -0.3 is 14.6 Å². The minimum absolute atomic E-state index is 0.0807. The van der Waals surface area contributed by atoms with Gasteiger partial charge in [-0.2, -0.15) is 0 Å². The quantitative estimate of drug-likeness (QED) is 0.898. The Morgan fingerprint density at radius 2 is 1.92 bits per heavy atom. The maximum atomic E-state index is 13.0. The first kappa shape index (κ1) is 16.9. The standard InChI is InChI=1S/C21H24N2O3/c24-20(22-13-15-8-9-15)17-7-4-11-23(14-17)21(25)19-18(10-12-26-19)16-5-2-1-3-6-16/h1-3,5-6,10,12,15,17H,4,7-9,11,13-14H2,(H,22,24)/t17-/m0/s1.